The van der Waals surface area contributed by atoms with E-state index in [0.29, 0.717) is 12.5 Å². The molecule has 1 aliphatic rings. The molecule has 0 aromatic rings. The molecule has 1 aliphatic heterocycles. The van der Waals surface area contributed by atoms with Gasteiger partial charge in [-0.05, 0) is 25.8 Å². The van der Waals surface area contributed by atoms with Crippen LogP contribution in [0.1, 0.15) is 12.8 Å². The number of nitrogens with two attached hydrogens (primary N) is 1. The summed E-state index contributed by atoms with van der Waals surface area (Å²) < 4.78 is 5.41. The van der Waals surface area contributed by atoms with E-state index < -0.39 is 0 Å². The van der Waals surface area contributed by atoms with Gasteiger partial charge in [0.15, 0.2) is 0 Å². The molecule has 1 saturated heterocycles. The maximum Gasteiger partial charge on any atom is 0.0599 e. The van der Waals surface area contributed by atoms with Gasteiger partial charge in [-0.1, -0.05) is 0 Å². The van der Waals surface area contributed by atoms with E-state index in [1.807, 2.05) is 7.05 Å². The molecule has 1 heterocycles. The number of hydrogen-bond donors (Lipinski definition) is 2. The second-order valence-corrected chi connectivity index (χ2v) is 4.09. The molecule has 84 valence electrons. The largest absolute Gasteiger partial charge is 0.395 e. The third-order valence-corrected chi connectivity index (χ3v) is 2.91. The first-order chi connectivity index (χ1) is 6.77. The van der Waals surface area contributed by atoms with Crippen LogP contribution in [0.5, 0.6) is 0 Å². The lowest BCUT2D eigenvalue weighted by Gasteiger charge is -2.31. The summed E-state index contributed by atoms with van der Waals surface area (Å²) in [6.45, 7) is 3.39. The van der Waals surface area contributed by atoms with Crippen LogP contribution >= 0.6 is 0 Å². The van der Waals surface area contributed by atoms with Crippen molar-refractivity contribution in [3.05, 3.63) is 0 Å². The number of likely N-dealkylation sites (N-methyl/N-ethyl adjacent to an activating group) is 1. The number of aliphatic hydroxyl groups is 1. The fraction of sp³-hybridized carbons (Fsp3) is 1.00. The molecule has 1 rings (SSSR count). The molecule has 14 heavy (non-hydrogen) atoms. The highest BCUT2D eigenvalue weighted by atomic mass is 16.5. The number of rotatable bonds is 5. The lowest BCUT2D eigenvalue weighted by molar-refractivity contribution is 0.0315. The van der Waals surface area contributed by atoms with Crippen molar-refractivity contribution < 1.29 is 9.84 Å². The van der Waals surface area contributed by atoms with Gasteiger partial charge in [-0.3, -0.25) is 4.90 Å². The lowest BCUT2D eigenvalue weighted by Crippen LogP contribution is -2.44. The Morgan fingerprint density at radius 3 is 2.93 bits per heavy atom. The van der Waals surface area contributed by atoms with Crippen molar-refractivity contribution in [2.45, 2.75) is 18.9 Å². The van der Waals surface area contributed by atoms with Gasteiger partial charge in [-0.15, -0.1) is 0 Å². The Morgan fingerprint density at radius 1 is 1.64 bits per heavy atom. The molecule has 0 saturated carbocycles. The fourth-order valence-corrected chi connectivity index (χ4v) is 1.90. The summed E-state index contributed by atoms with van der Waals surface area (Å²) in [5.74, 6) is 0.606. The highest BCUT2D eigenvalue weighted by Crippen LogP contribution is 2.15. The van der Waals surface area contributed by atoms with E-state index in [1.54, 1.807) is 0 Å². The molecule has 2 unspecified atom stereocenters. The Bertz CT molecular complexity index is 145. The predicted octanol–water partition coefficient (Wildman–Crippen LogP) is -0.336. The van der Waals surface area contributed by atoms with Crippen LogP contribution in [0.2, 0.25) is 0 Å². The lowest BCUT2D eigenvalue weighted by atomic mass is 10.0. The van der Waals surface area contributed by atoms with Crippen LogP contribution in [0.25, 0.3) is 0 Å². The van der Waals surface area contributed by atoms with Crippen molar-refractivity contribution in [3.63, 3.8) is 0 Å². The topological polar surface area (TPSA) is 58.7 Å². The summed E-state index contributed by atoms with van der Waals surface area (Å²) in [5, 5.41) is 9.07. The molecule has 0 aromatic carbocycles. The molecule has 4 nitrogen and oxygen atoms in total. The van der Waals surface area contributed by atoms with Crippen LogP contribution in [0.15, 0.2) is 0 Å². The van der Waals surface area contributed by atoms with Crippen LogP contribution in [-0.2, 0) is 4.74 Å². The van der Waals surface area contributed by atoms with Gasteiger partial charge in [0.05, 0.1) is 13.2 Å². The van der Waals surface area contributed by atoms with Gasteiger partial charge >= 0.3 is 0 Å². The SMILES string of the molecule is CN(CC1CCCOC1)C(CN)CO. The zero-order valence-corrected chi connectivity index (χ0v) is 8.98. The number of nitrogens with zero attached hydrogens (tertiary/aromatic N) is 1. The molecule has 1 fully saturated rings. The third kappa shape index (κ3) is 3.53. The summed E-state index contributed by atoms with van der Waals surface area (Å²) in [6.07, 6.45) is 2.39. The average Bonchev–Trinajstić information content (AvgIpc) is 2.21. The van der Waals surface area contributed by atoms with E-state index in [9.17, 15) is 0 Å². The van der Waals surface area contributed by atoms with Crippen molar-refractivity contribution in [2.75, 3.05) is 40.0 Å². The fourth-order valence-electron chi connectivity index (χ4n) is 1.90. The second-order valence-electron chi connectivity index (χ2n) is 4.09. The first-order valence-corrected chi connectivity index (χ1v) is 5.36. The molecule has 3 N–H and O–H groups in total. The van der Waals surface area contributed by atoms with Crippen molar-refractivity contribution in [1.29, 1.82) is 0 Å². The van der Waals surface area contributed by atoms with Crippen molar-refractivity contribution in [3.8, 4) is 0 Å². The number of ether oxygens (including phenoxy) is 1. The first-order valence-electron chi connectivity index (χ1n) is 5.36. The maximum atomic E-state index is 9.07. The van der Waals surface area contributed by atoms with E-state index in [4.69, 9.17) is 15.6 Å². The van der Waals surface area contributed by atoms with Gasteiger partial charge in [0.2, 0.25) is 0 Å². The smallest absolute Gasteiger partial charge is 0.0599 e. The van der Waals surface area contributed by atoms with Crippen molar-refractivity contribution in [1.82, 2.24) is 4.90 Å². The van der Waals surface area contributed by atoms with Crippen LogP contribution in [0.4, 0.5) is 0 Å². The summed E-state index contributed by atoms with van der Waals surface area (Å²) in [5.41, 5.74) is 5.56. The molecule has 0 aliphatic carbocycles. The highest BCUT2D eigenvalue weighted by molar-refractivity contribution is 4.73. The van der Waals surface area contributed by atoms with Crippen molar-refractivity contribution in [2.24, 2.45) is 11.7 Å². The molecule has 0 spiro atoms. The summed E-state index contributed by atoms with van der Waals surface area (Å²) in [7, 11) is 2.02. The van der Waals surface area contributed by atoms with Gasteiger partial charge in [-0.2, -0.15) is 0 Å². The van der Waals surface area contributed by atoms with Crippen molar-refractivity contribution >= 4 is 0 Å². The molecule has 2 atom stereocenters. The van der Waals surface area contributed by atoms with Gasteiger partial charge in [0, 0.05) is 25.7 Å². The second kappa shape index (κ2) is 6.35. The minimum Gasteiger partial charge on any atom is -0.395 e. The van der Waals surface area contributed by atoms with E-state index in [0.717, 1.165) is 26.2 Å². The molecule has 4 heteroatoms. The summed E-state index contributed by atoms with van der Waals surface area (Å²) >= 11 is 0. The van der Waals surface area contributed by atoms with Gasteiger partial charge < -0.3 is 15.6 Å². The van der Waals surface area contributed by atoms with E-state index in [1.165, 1.54) is 6.42 Å². The molecular formula is C10H22N2O2. The normalized spacial score (nSPS) is 25.3. The molecule has 0 amide bonds. The van der Waals surface area contributed by atoms with E-state index in [2.05, 4.69) is 4.90 Å². The first kappa shape index (κ1) is 11.9. The Hall–Kier alpha value is -0.160. The zero-order valence-electron chi connectivity index (χ0n) is 8.98. The van der Waals surface area contributed by atoms with Gasteiger partial charge in [-0.25, -0.2) is 0 Å². The third-order valence-electron chi connectivity index (χ3n) is 2.91. The van der Waals surface area contributed by atoms with Crippen LogP contribution < -0.4 is 5.73 Å². The average molecular weight is 202 g/mol. The Labute approximate surface area is 86.0 Å². The Morgan fingerprint density at radius 2 is 2.43 bits per heavy atom. The molecule has 0 bridgehead atoms. The molecule has 0 radical (unpaired) electrons. The number of hydrogen-bond acceptors (Lipinski definition) is 4. The minimum atomic E-state index is 0.0944. The van der Waals surface area contributed by atoms with Crippen LogP contribution in [-0.4, -0.2) is 56.0 Å². The van der Waals surface area contributed by atoms with E-state index in [-0.39, 0.29) is 12.6 Å². The maximum absolute atomic E-state index is 9.07. The Kier molecular flexibility index (Phi) is 5.40. The molecular weight excluding hydrogens is 180 g/mol. The summed E-state index contributed by atoms with van der Waals surface area (Å²) in [6, 6.07) is 0.0944. The van der Waals surface area contributed by atoms with Gasteiger partial charge in [0.25, 0.3) is 0 Å². The number of aliphatic hydroxyl groups excluding tert-OH is 1. The summed E-state index contributed by atoms with van der Waals surface area (Å²) in [4.78, 5) is 2.14. The van der Waals surface area contributed by atoms with E-state index >= 15 is 0 Å². The van der Waals surface area contributed by atoms with Gasteiger partial charge in [0.1, 0.15) is 0 Å². The highest BCUT2D eigenvalue weighted by Gasteiger charge is 2.19. The quantitative estimate of drug-likeness (QED) is 0.640. The predicted molar refractivity (Wildman–Crippen MR) is 56.1 cm³/mol. The Balaban J connectivity index is 2.26. The minimum absolute atomic E-state index is 0.0944. The van der Waals surface area contributed by atoms with Crippen LogP contribution in [0, 0.1) is 5.92 Å². The molecule has 0 aromatic heterocycles. The van der Waals surface area contributed by atoms with Crippen LogP contribution in [0.3, 0.4) is 0 Å². The zero-order chi connectivity index (χ0) is 10.4. The standard InChI is InChI=1S/C10H22N2O2/c1-12(10(5-11)7-13)6-9-3-2-4-14-8-9/h9-10,13H,2-8,11H2,1H3. The monoisotopic (exact) mass is 202 g/mol.